The fourth-order valence-corrected chi connectivity index (χ4v) is 5.31. The molecule has 0 bridgehead atoms. The van der Waals surface area contributed by atoms with Crippen LogP contribution >= 0.6 is 19.2 Å². The molecule has 0 amide bonds. The van der Waals surface area contributed by atoms with Crippen molar-refractivity contribution >= 4 is 42.0 Å². The average Bonchev–Trinajstić information content (AvgIpc) is 3.56. The molecule has 0 aromatic carbocycles. The molecule has 4 rings (SSSR count). The summed E-state index contributed by atoms with van der Waals surface area (Å²) in [6.45, 7) is -3.81. The first kappa shape index (κ1) is 29.0. The van der Waals surface area contributed by atoms with Gasteiger partial charge in [0.2, 0.25) is 10.6 Å². The highest BCUT2D eigenvalue weighted by Crippen LogP contribution is 2.51. The number of hydrogen-bond acceptors (Lipinski definition) is 12. The van der Waals surface area contributed by atoms with Crippen LogP contribution in [0.25, 0.3) is 11.0 Å². The fourth-order valence-electron chi connectivity index (χ4n) is 4.46. The summed E-state index contributed by atoms with van der Waals surface area (Å²) in [5.74, 6) is -0.943. The number of nitrogens with one attached hydrogen (secondary N) is 1. The minimum atomic E-state index is -5.22. The van der Waals surface area contributed by atoms with E-state index in [0.29, 0.717) is 11.2 Å². The van der Waals surface area contributed by atoms with Crippen molar-refractivity contribution in [3.8, 4) is 0 Å². The van der Waals surface area contributed by atoms with Gasteiger partial charge < -0.3 is 49.7 Å². The van der Waals surface area contributed by atoms with Crippen molar-refractivity contribution in [2.75, 3.05) is 31.7 Å². The van der Waals surface area contributed by atoms with Crippen molar-refractivity contribution < 1.29 is 53.8 Å². The predicted molar refractivity (Wildman–Crippen MR) is 128 cm³/mol. The SMILES string of the molecule is O=C(O)COC[C@](CO)(OC[C@@H]1O[C@H](n2ncc3c(NC4CCCC4)nc(Cl)nc32)[C@@H](O)[C@H]1O)P(=O)(O)O. The number of halogens is 1. The van der Waals surface area contributed by atoms with Gasteiger partial charge in [0, 0.05) is 6.04 Å². The Hall–Kier alpha value is -1.98. The zero-order valence-electron chi connectivity index (χ0n) is 20.0. The van der Waals surface area contributed by atoms with Crippen LogP contribution in [-0.4, -0.2) is 112 Å². The zero-order chi connectivity index (χ0) is 27.7. The fraction of sp³-hybridized carbons (Fsp3) is 0.700. The van der Waals surface area contributed by atoms with Crippen LogP contribution in [0.2, 0.25) is 5.28 Å². The molecule has 2 aromatic rings. The first-order chi connectivity index (χ1) is 18.0. The van der Waals surface area contributed by atoms with Crippen molar-refractivity contribution in [2.45, 2.75) is 61.6 Å². The molecule has 18 heteroatoms. The number of carbonyl (C=O) groups is 1. The highest BCUT2D eigenvalue weighted by molar-refractivity contribution is 7.53. The van der Waals surface area contributed by atoms with Gasteiger partial charge in [0.1, 0.15) is 30.7 Å². The van der Waals surface area contributed by atoms with Crippen molar-refractivity contribution in [1.82, 2.24) is 19.7 Å². The van der Waals surface area contributed by atoms with Crippen LogP contribution in [0.3, 0.4) is 0 Å². The van der Waals surface area contributed by atoms with E-state index in [1.807, 2.05) is 0 Å². The van der Waals surface area contributed by atoms with E-state index in [9.17, 15) is 34.5 Å². The van der Waals surface area contributed by atoms with E-state index in [1.165, 1.54) is 10.9 Å². The Morgan fingerprint density at radius 3 is 2.61 bits per heavy atom. The topological polar surface area (TPSA) is 239 Å². The highest BCUT2D eigenvalue weighted by atomic mass is 35.5. The second-order valence-electron chi connectivity index (χ2n) is 9.19. The largest absolute Gasteiger partial charge is 0.480 e. The number of hydrogen-bond donors (Lipinski definition) is 7. The molecule has 5 atom stereocenters. The van der Waals surface area contributed by atoms with Gasteiger partial charge in [-0.05, 0) is 24.4 Å². The van der Waals surface area contributed by atoms with Gasteiger partial charge in [-0.1, -0.05) is 12.8 Å². The minimum Gasteiger partial charge on any atom is -0.480 e. The minimum absolute atomic E-state index is 0.0802. The molecule has 2 aliphatic rings. The van der Waals surface area contributed by atoms with E-state index in [0.717, 1.165) is 25.7 Å². The Bertz CT molecular complexity index is 1190. The molecule has 1 saturated carbocycles. The molecule has 1 saturated heterocycles. The van der Waals surface area contributed by atoms with E-state index in [-0.39, 0.29) is 17.0 Å². The maximum absolute atomic E-state index is 12.1. The summed E-state index contributed by atoms with van der Waals surface area (Å²) >= 11 is 6.14. The van der Waals surface area contributed by atoms with Gasteiger partial charge in [-0.25, -0.2) is 9.48 Å². The number of aliphatic hydroxyl groups is 3. The monoisotopic (exact) mass is 581 g/mol. The number of fused-ring (bicyclic) bond motifs is 1. The number of aliphatic carboxylic acids is 1. The van der Waals surface area contributed by atoms with Crippen molar-refractivity contribution in [3.05, 3.63) is 11.5 Å². The van der Waals surface area contributed by atoms with Crippen LogP contribution in [0.1, 0.15) is 31.9 Å². The first-order valence-corrected chi connectivity index (χ1v) is 13.7. The number of aromatic nitrogens is 4. The molecule has 16 nitrogen and oxygen atoms in total. The Kier molecular flexibility index (Phi) is 8.88. The summed E-state index contributed by atoms with van der Waals surface area (Å²) in [5, 5.41) is 45.1. The average molecular weight is 582 g/mol. The summed E-state index contributed by atoms with van der Waals surface area (Å²) in [6.07, 6.45) is -0.195. The van der Waals surface area contributed by atoms with E-state index in [2.05, 4.69) is 20.4 Å². The number of carboxylic acid groups (broad SMARTS) is 1. The van der Waals surface area contributed by atoms with E-state index < -0.39 is 69.9 Å². The smallest absolute Gasteiger partial charge is 0.361 e. The third-order valence-electron chi connectivity index (χ3n) is 6.55. The van der Waals surface area contributed by atoms with Crippen molar-refractivity contribution in [1.29, 1.82) is 0 Å². The lowest BCUT2D eigenvalue weighted by atomic mass is 10.1. The lowest BCUT2D eigenvalue weighted by Crippen LogP contribution is -2.45. The summed E-state index contributed by atoms with van der Waals surface area (Å²) in [7, 11) is -5.22. The van der Waals surface area contributed by atoms with Gasteiger partial charge >= 0.3 is 13.6 Å². The van der Waals surface area contributed by atoms with Crippen LogP contribution < -0.4 is 5.32 Å². The molecular weight excluding hydrogens is 553 g/mol. The van der Waals surface area contributed by atoms with E-state index in [1.54, 1.807) is 0 Å². The van der Waals surface area contributed by atoms with Crippen LogP contribution in [0, 0.1) is 0 Å². The predicted octanol–water partition coefficient (Wildman–Crippen LogP) is -0.563. The molecule has 212 valence electrons. The summed E-state index contributed by atoms with van der Waals surface area (Å²) < 4.78 is 29.1. The lowest BCUT2D eigenvalue weighted by molar-refractivity contribution is -0.150. The Morgan fingerprint density at radius 1 is 1.26 bits per heavy atom. The molecule has 2 aromatic heterocycles. The number of ether oxygens (including phenoxy) is 3. The van der Waals surface area contributed by atoms with E-state index in [4.69, 9.17) is 30.9 Å². The molecule has 7 N–H and O–H groups in total. The van der Waals surface area contributed by atoms with Crippen molar-refractivity contribution in [2.24, 2.45) is 0 Å². The highest BCUT2D eigenvalue weighted by Gasteiger charge is 2.51. The molecule has 0 radical (unpaired) electrons. The normalized spacial score (nSPS) is 26.2. The van der Waals surface area contributed by atoms with Gasteiger partial charge in [-0.2, -0.15) is 15.1 Å². The van der Waals surface area contributed by atoms with Crippen LogP contribution in [0.15, 0.2) is 6.20 Å². The molecule has 1 aliphatic heterocycles. The van der Waals surface area contributed by atoms with Crippen LogP contribution in [-0.2, 0) is 23.6 Å². The summed E-state index contributed by atoms with van der Waals surface area (Å²) in [5.41, 5.74) is 0.213. The Labute approximate surface area is 220 Å². The van der Waals surface area contributed by atoms with Crippen LogP contribution in [0.4, 0.5) is 5.82 Å². The molecule has 3 heterocycles. The van der Waals surface area contributed by atoms with Gasteiger partial charge in [-0.3, -0.25) is 4.57 Å². The second-order valence-corrected chi connectivity index (χ2v) is 11.4. The van der Waals surface area contributed by atoms with E-state index >= 15 is 0 Å². The number of carboxylic acids is 1. The molecular formula is C20H29ClN5O11P. The number of anilines is 1. The summed E-state index contributed by atoms with van der Waals surface area (Å²) in [4.78, 5) is 38.7. The maximum atomic E-state index is 12.1. The molecule has 0 unspecified atom stereocenters. The van der Waals surface area contributed by atoms with Gasteiger partial charge in [0.15, 0.2) is 11.9 Å². The maximum Gasteiger partial charge on any atom is 0.361 e. The Balaban J connectivity index is 1.52. The van der Waals surface area contributed by atoms with Gasteiger partial charge in [0.25, 0.3) is 0 Å². The molecule has 0 spiro atoms. The number of aliphatic hydroxyl groups excluding tert-OH is 3. The zero-order valence-corrected chi connectivity index (χ0v) is 21.6. The lowest BCUT2D eigenvalue weighted by Gasteiger charge is -2.33. The first-order valence-electron chi connectivity index (χ1n) is 11.7. The number of rotatable bonds is 12. The number of nitrogens with zero attached hydrogens (tertiary/aromatic N) is 4. The quantitative estimate of drug-likeness (QED) is 0.123. The summed E-state index contributed by atoms with van der Waals surface area (Å²) in [6, 6.07) is 0.212. The molecule has 38 heavy (non-hydrogen) atoms. The molecule has 2 fully saturated rings. The third kappa shape index (κ3) is 5.94. The van der Waals surface area contributed by atoms with Crippen molar-refractivity contribution in [3.63, 3.8) is 0 Å². The molecule has 1 aliphatic carbocycles. The van der Waals surface area contributed by atoms with Crippen LogP contribution in [0.5, 0.6) is 0 Å². The standard InChI is InChI=1S/C20H29ClN5O11P/c21-19-24-16(23-10-3-1-2-4-10)11-5-22-26(17(11)25-19)18-15(31)14(30)12(37-18)6-36-20(8-27,38(32,33)34)9-35-7-13(28)29/h5,10,12,14-15,18,27,30-31H,1-4,6-9H2,(H,28,29)(H,23,24,25)(H2,32,33,34)/t12-,14-,15-,18-,20+/m0/s1. The second kappa shape index (κ2) is 11.6. The van der Waals surface area contributed by atoms with Gasteiger partial charge in [-0.15, -0.1) is 0 Å². The third-order valence-corrected chi connectivity index (χ3v) is 8.18. The van der Waals surface area contributed by atoms with Gasteiger partial charge in [0.05, 0.1) is 31.4 Å². The Morgan fingerprint density at radius 2 is 1.97 bits per heavy atom.